The van der Waals surface area contributed by atoms with Crippen molar-refractivity contribution in [3.05, 3.63) is 93.5 Å². The molecule has 18 nitrogen and oxygen atoms in total. The molecular weight excluding hydrogens is 986 g/mol. The summed E-state index contributed by atoms with van der Waals surface area (Å²) in [6.07, 6.45) is 6.32. The highest BCUT2D eigenvalue weighted by molar-refractivity contribution is 7.88. The quantitative estimate of drug-likeness (QED) is 0.0514. The maximum absolute atomic E-state index is 14.1. The first-order valence-corrected chi connectivity index (χ1v) is 26.1. The number of aromatic carboxylic acids is 1. The first-order valence-electron chi connectivity index (χ1n) is 23.3. The van der Waals surface area contributed by atoms with E-state index in [1.54, 1.807) is 17.4 Å². The minimum absolute atomic E-state index is 0.0454. The third-order valence-corrected chi connectivity index (χ3v) is 16.7. The van der Waals surface area contributed by atoms with Crippen LogP contribution in [0.2, 0.25) is 5.02 Å². The van der Waals surface area contributed by atoms with E-state index in [0.29, 0.717) is 71.9 Å². The maximum Gasteiger partial charge on any atom is 0.349 e. The number of sulfonamides is 1. The van der Waals surface area contributed by atoms with Gasteiger partial charge in [0.2, 0.25) is 21.6 Å². The van der Waals surface area contributed by atoms with Crippen molar-refractivity contribution in [3.63, 3.8) is 0 Å². The van der Waals surface area contributed by atoms with Crippen molar-refractivity contribution in [3.8, 4) is 16.2 Å². The van der Waals surface area contributed by atoms with Crippen LogP contribution in [0, 0.1) is 0 Å². The van der Waals surface area contributed by atoms with Crippen LogP contribution in [0.3, 0.4) is 0 Å². The van der Waals surface area contributed by atoms with Gasteiger partial charge in [0, 0.05) is 81.8 Å². The van der Waals surface area contributed by atoms with Crippen molar-refractivity contribution < 1.29 is 51.8 Å². The van der Waals surface area contributed by atoms with E-state index in [0.717, 1.165) is 65.3 Å². The molecule has 3 aromatic heterocycles. The number of fused-ring (bicyclic) bond motifs is 2. The van der Waals surface area contributed by atoms with Crippen LogP contribution in [0.5, 0.6) is 5.75 Å². The van der Waals surface area contributed by atoms with E-state index in [9.17, 15) is 32.7 Å². The molecule has 5 N–H and O–H groups in total. The summed E-state index contributed by atoms with van der Waals surface area (Å²) in [7, 11) is 0.695. The normalized spacial score (nSPS) is 16.4. The molecule has 0 spiro atoms. The highest BCUT2D eigenvalue weighted by Gasteiger charge is 2.42. The second-order valence-electron chi connectivity index (χ2n) is 17.8. The van der Waals surface area contributed by atoms with Crippen molar-refractivity contribution in [2.75, 3.05) is 63.0 Å². The number of nitrogens with one attached hydrogen (secondary N) is 3. The largest absolute Gasteiger partial charge is 0.483 e. The third-order valence-electron chi connectivity index (χ3n) is 13.0. The summed E-state index contributed by atoms with van der Waals surface area (Å²) in [5, 5.41) is 28.5. The number of hydrogen-bond acceptors (Lipinski definition) is 16. The maximum atomic E-state index is 14.1. The number of aliphatic hydroxyl groups excluding tert-OH is 1. The zero-order chi connectivity index (χ0) is 52.3. The van der Waals surface area contributed by atoms with E-state index < -0.39 is 27.4 Å². The molecule has 2 aliphatic heterocycles. The number of aliphatic hydroxyl groups is 1. The number of carbonyl (C=O) groups excluding carboxylic acids is 4. The van der Waals surface area contributed by atoms with Gasteiger partial charge in [-0.1, -0.05) is 48.0 Å². The SMILES string of the molecule is C=O.CNC(=O)C(CCC=O)c1cccc2c(C3CCN(c4nc5cc(CS(=O)(=O)N6CCC(Nc7cccc(-c8sc(C(=O)O)c(OCC=O)c8Cl)c7)CC6(C)C)cnc5o4)CC3)ccc(NC)c12.CO. The summed E-state index contributed by atoms with van der Waals surface area (Å²) in [6.45, 7) is 7.15. The standard InChI is InChI=1S/C49H54ClN7O9S2.CH4O.CH2O/c1-49(2)26-33(54-32-9-5-8-31(25-32)43-41(50)42(65-23-22-59)44(67-43)47(61)62)17-20-57(49)68(63,64)28-29-24-39-46(53-27-29)66-48(55-39)56-18-15-30(16-19-56)34-13-14-38(51-3)40-35(34)10-6-11-36(40)37(12-7-21-58)45(60)52-4;2*1-2/h5-6,8-11,13-14,21-22,24-25,27,30,33,37,51,54H,7,12,15-20,23,26,28H2,1-4H3,(H,52,60)(H,61,62);2H,1H3;1H2. The fraction of sp³-hybridized carbons (Fsp3) is 0.392. The smallest absolute Gasteiger partial charge is 0.349 e. The highest BCUT2D eigenvalue weighted by Crippen LogP contribution is 2.46. The van der Waals surface area contributed by atoms with Crippen LogP contribution in [0.1, 0.15) is 90.6 Å². The number of benzene rings is 3. The topological polar surface area (TPSA) is 251 Å². The minimum Gasteiger partial charge on any atom is -0.483 e. The molecule has 2 unspecified atom stereocenters. The van der Waals surface area contributed by atoms with Crippen LogP contribution < -0.4 is 25.6 Å². The molecule has 2 saturated heterocycles. The van der Waals surface area contributed by atoms with Gasteiger partial charge >= 0.3 is 5.97 Å². The predicted molar refractivity (Wildman–Crippen MR) is 280 cm³/mol. The molecule has 0 radical (unpaired) electrons. The van der Waals surface area contributed by atoms with Gasteiger partial charge in [-0.15, -0.1) is 11.3 Å². The Labute approximate surface area is 427 Å². The van der Waals surface area contributed by atoms with E-state index in [-0.39, 0.29) is 58.8 Å². The summed E-state index contributed by atoms with van der Waals surface area (Å²) in [5.74, 6) is -1.87. The Morgan fingerprint density at radius 2 is 1.76 bits per heavy atom. The molecule has 2 aliphatic rings. The second-order valence-corrected chi connectivity index (χ2v) is 21.1. The number of carboxylic acids is 1. The number of amides is 1. The van der Waals surface area contributed by atoms with Crippen LogP contribution in [0.4, 0.5) is 17.4 Å². The van der Waals surface area contributed by atoms with Crippen molar-refractivity contribution in [2.45, 2.75) is 81.5 Å². The lowest BCUT2D eigenvalue weighted by Crippen LogP contribution is -2.55. The number of rotatable bonds is 18. The van der Waals surface area contributed by atoms with Gasteiger partial charge in [0.25, 0.3) is 6.01 Å². The fourth-order valence-electron chi connectivity index (χ4n) is 9.86. The van der Waals surface area contributed by atoms with Gasteiger partial charge in [-0.3, -0.25) is 9.59 Å². The molecule has 6 aromatic rings. The van der Waals surface area contributed by atoms with E-state index in [1.807, 2.05) is 64.1 Å². The first-order chi connectivity index (χ1) is 34.7. The summed E-state index contributed by atoms with van der Waals surface area (Å²) >= 11 is 7.53. The molecule has 0 aliphatic carbocycles. The molecule has 2 fully saturated rings. The molecule has 3 aromatic carbocycles. The van der Waals surface area contributed by atoms with Crippen molar-refractivity contribution in [1.29, 1.82) is 0 Å². The number of oxazole rings is 1. The highest BCUT2D eigenvalue weighted by atomic mass is 35.5. The Kier molecular flexibility index (Phi) is 18.5. The van der Waals surface area contributed by atoms with Gasteiger partial charge in [0.1, 0.15) is 30.2 Å². The number of thiophene rings is 1. The molecule has 5 heterocycles. The Bertz CT molecular complexity index is 3010. The number of halogens is 1. The molecule has 72 heavy (non-hydrogen) atoms. The molecule has 0 saturated carbocycles. The van der Waals surface area contributed by atoms with E-state index in [4.69, 9.17) is 35.6 Å². The van der Waals surface area contributed by atoms with Crippen molar-refractivity contribution in [1.82, 2.24) is 19.6 Å². The van der Waals surface area contributed by atoms with E-state index in [2.05, 4.69) is 44.0 Å². The summed E-state index contributed by atoms with van der Waals surface area (Å²) in [5.41, 5.74) is 5.02. The number of carboxylic acid groups (broad SMARTS) is 1. The number of ether oxygens (including phenoxy) is 1. The summed E-state index contributed by atoms with van der Waals surface area (Å²) in [4.78, 5) is 67.0. The monoisotopic (exact) mass is 1050 g/mol. The van der Waals surface area contributed by atoms with E-state index >= 15 is 0 Å². The Balaban J connectivity index is 0.00000207. The molecule has 21 heteroatoms. The lowest BCUT2D eigenvalue weighted by atomic mass is 9.82. The lowest BCUT2D eigenvalue weighted by molar-refractivity contribution is -0.122. The summed E-state index contributed by atoms with van der Waals surface area (Å²) < 4.78 is 41.3. The first kappa shape index (κ1) is 54.9. The van der Waals surface area contributed by atoms with Gasteiger partial charge in [-0.05, 0) is 104 Å². The number of likely N-dealkylation sites (N-methyl/N-ethyl adjacent to an activating group) is 1. The fourth-order valence-corrected chi connectivity index (χ4v) is 13.2. The molecule has 384 valence electrons. The van der Waals surface area contributed by atoms with E-state index in [1.165, 1.54) is 11.8 Å². The summed E-state index contributed by atoms with van der Waals surface area (Å²) in [6, 6.07) is 19.8. The van der Waals surface area contributed by atoms with Gasteiger partial charge in [-0.25, -0.2) is 18.2 Å². The van der Waals surface area contributed by atoms with Crippen LogP contribution in [-0.2, 0) is 35.0 Å². The predicted octanol–water partition coefficient (Wildman–Crippen LogP) is 7.88. The Morgan fingerprint density at radius 1 is 1.03 bits per heavy atom. The van der Waals surface area contributed by atoms with Crippen LogP contribution in [0.15, 0.2) is 71.3 Å². The second kappa shape index (κ2) is 24.3. The number of piperidine rings is 2. The number of pyridine rings is 1. The number of aromatic nitrogens is 2. The number of anilines is 3. The average molecular weight is 1050 g/mol. The molecular formula is C51H60ClN7O11S2. The zero-order valence-corrected chi connectivity index (χ0v) is 43.2. The lowest BCUT2D eigenvalue weighted by Gasteiger charge is -2.44. The zero-order valence-electron chi connectivity index (χ0n) is 40.8. The molecule has 2 atom stereocenters. The van der Waals surface area contributed by atoms with Crippen LogP contribution >= 0.6 is 22.9 Å². The third kappa shape index (κ3) is 11.9. The van der Waals surface area contributed by atoms with Gasteiger partial charge in [-0.2, -0.15) is 9.29 Å². The molecule has 0 bridgehead atoms. The number of carbonyl (C=O) groups is 5. The number of hydrogen-bond donors (Lipinski definition) is 5. The number of aldehydes is 2. The molecule has 1 amide bonds. The van der Waals surface area contributed by atoms with Crippen LogP contribution in [0.25, 0.3) is 32.4 Å². The van der Waals surface area contributed by atoms with Gasteiger partial charge in [0.15, 0.2) is 16.9 Å². The van der Waals surface area contributed by atoms with Crippen LogP contribution in [-0.4, -0.2) is 123 Å². The Hall–Kier alpha value is -6.45. The number of nitrogens with zero attached hydrogens (tertiary/aromatic N) is 4. The Morgan fingerprint density at radius 3 is 2.43 bits per heavy atom. The minimum atomic E-state index is -3.79. The van der Waals surface area contributed by atoms with Gasteiger partial charge < -0.3 is 49.8 Å². The van der Waals surface area contributed by atoms with Crippen molar-refractivity contribution >= 4 is 104 Å². The van der Waals surface area contributed by atoms with Crippen molar-refractivity contribution in [2.24, 2.45) is 0 Å². The average Bonchev–Trinajstić information content (AvgIpc) is 3.96. The van der Waals surface area contributed by atoms with Gasteiger partial charge in [0.05, 0.1) is 16.5 Å². The molecule has 8 rings (SSSR count).